The lowest BCUT2D eigenvalue weighted by Crippen LogP contribution is -1.97. The molecule has 19 heavy (non-hydrogen) atoms. The van der Waals surface area contributed by atoms with Gasteiger partial charge in [0.25, 0.3) is 0 Å². The summed E-state index contributed by atoms with van der Waals surface area (Å²) in [5.41, 5.74) is 6.66. The van der Waals surface area contributed by atoms with Crippen LogP contribution in [0.5, 0.6) is 0 Å². The monoisotopic (exact) mass is 256 g/mol. The Labute approximate surface area is 110 Å². The molecule has 0 bridgehead atoms. The lowest BCUT2D eigenvalue weighted by Gasteiger charge is -2.03. The third kappa shape index (κ3) is 4.05. The minimum Gasteiger partial charge on any atom is -0.330 e. The lowest BCUT2D eigenvalue weighted by molar-refractivity contribution is 0.628. The second-order valence-electron chi connectivity index (χ2n) is 3.77. The molecule has 0 unspecified atom stereocenters. The van der Waals surface area contributed by atoms with Crippen LogP contribution in [-0.2, 0) is 0 Å². The smallest absolute Gasteiger partial charge is 0.227 e. The Morgan fingerprint density at radius 2 is 2.05 bits per heavy atom. The summed E-state index contributed by atoms with van der Waals surface area (Å²) in [6, 6.07) is 6.10. The van der Waals surface area contributed by atoms with E-state index >= 15 is 0 Å². The van der Waals surface area contributed by atoms with Gasteiger partial charge in [-0.3, -0.25) is 0 Å². The number of halogens is 1. The van der Waals surface area contributed by atoms with Crippen LogP contribution in [0.3, 0.4) is 0 Å². The van der Waals surface area contributed by atoms with Gasteiger partial charge in [0.2, 0.25) is 5.95 Å². The summed E-state index contributed by atoms with van der Waals surface area (Å²) < 4.78 is 13.0. The summed E-state index contributed by atoms with van der Waals surface area (Å²) in [6.07, 6.45) is 3.86. The maximum absolute atomic E-state index is 13.0. The maximum atomic E-state index is 13.0. The highest BCUT2D eigenvalue weighted by Crippen LogP contribution is 2.13. The molecule has 1 aromatic carbocycles. The van der Waals surface area contributed by atoms with E-state index in [9.17, 15) is 4.39 Å². The van der Waals surface area contributed by atoms with Gasteiger partial charge in [-0.2, -0.15) is 0 Å². The summed E-state index contributed by atoms with van der Waals surface area (Å²) in [7, 11) is 0. The minimum absolute atomic E-state index is 0.311. The van der Waals surface area contributed by atoms with Crippen molar-refractivity contribution < 1.29 is 4.39 Å². The van der Waals surface area contributed by atoms with Crippen molar-refractivity contribution in [2.24, 2.45) is 5.73 Å². The highest BCUT2D eigenvalue weighted by molar-refractivity contribution is 5.53. The summed E-state index contributed by atoms with van der Waals surface area (Å²) in [6.45, 7) is 0.535. The highest BCUT2D eigenvalue weighted by Gasteiger charge is 1.98. The first-order valence-corrected chi connectivity index (χ1v) is 5.81. The van der Waals surface area contributed by atoms with Gasteiger partial charge in [0.05, 0.1) is 5.56 Å². The van der Waals surface area contributed by atoms with Gasteiger partial charge in [-0.1, -0.05) is 17.9 Å². The number of nitrogens with zero attached hydrogens (tertiary/aromatic N) is 2. The van der Waals surface area contributed by atoms with Crippen molar-refractivity contribution in [2.45, 2.75) is 6.42 Å². The Morgan fingerprint density at radius 3 is 2.74 bits per heavy atom. The van der Waals surface area contributed by atoms with Crippen LogP contribution in [0.2, 0.25) is 0 Å². The molecule has 0 spiro atoms. The first-order valence-electron chi connectivity index (χ1n) is 5.81. The molecule has 3 N–H and O–H groups in total. The molecular weight excluding hydrogens is 243 g/mol. The highest BCUT2D eigenvalue weighted by atomic mass is 19.1. The van der Waals surface area contributed by atoms with Crippen LogP contribution < -0.4 is 11.1 Å². The van der Waals surface area contributed by atoms with Gasteiger partial charge in [-0.05, 0) is 18.2 Å². The summed E-state index contributed by atoms with van der Waals surface area (Å²) in [5.74, 6) is 5.89. The fraction of sp³-hybridized carbons (Fsp3) is 0.143. The Kier molecular flexibility index (Phi) is 4.43. The van der Waals surface area contributed by atoms with Crippen molar-refractivity contribution in [3.05, 3.63) is 48.0 Å². The molecule has 0 saturated carbocycles. The average Bonchev–Trinajstić information content (AvgIpc) is 2.41. The topological polar surface area (TPSA) is 63.8 Å². The number of hydrogen-bond donors (Lipinski definition) is 2. The van der Waals surface area contributed by atoms with Gasteiger partial charge < -0.3 is 11.1 Å². The largest absolute Gasteiger partial charge is 0.330 e. The Morgan fingerprint density at radius 1 is 1.26 bits per heavy atom. The van der Waals surface area contributed by atoms with Gasteiger partial charge in [0.15, 0.2) is 0 Å². The van der Waals surface area contributed by atoms with Gasteiger partial charge in [0, 0.05) is 31.0 Å². The van der Waals surface area contributed by atoms with Gasteiger partial charge in [-0.15, -0.1) is 0 Å². The number of nitrogens with one attached hydrogen (secondary N) is 1. The summed E-state index contributed by atoms with van der Waals surface area (Å²) in [4.78, 5) is 8.21. The first-order chi connectivity index (χ1) is 9.28. The fourth-order valence-corrected chi connectivity index (χ4v) is 1.39. The minimum atomic E-state index is -0.311. The molecule has 0 fully saturated rings. The standard InChI is InChI=1S/C14H13FN4/c15-12-5-3-6-13(8-12)19-14-17-9-11(10-18-14)4-1-2-7-16/h3,5-6,8-10H,2,7,16H2,(H,17,18,19). The van der Waals surface area contributed by atoms with E-state index in [4.69, 9.17) is 5.73 Å². The summed E-state index contributed by atoms with van der Waals surface area (Å²) >= 11 is 0. The number of aromatic nitrogens is 2. The van der Waals surface area contributed by atoms with Crippen molar-refractivity contribution in [2.75, 3.05) is 11.9 Å². The van der Waals surface area contributed by atoms with Crippen molar-refractivity contribution in [3.63, 3.8) is 0 Å². The van der Waals surface area contributed by atoms with E-state index in [-0.39, 0.29) is 5.82 Å². The number of rotatable bonds is 3. The third-order valence-corrected chi connectivity index (χ3v) is 2.23. The fourth-order valence-electron chi connectivity index (χ4n) is 1.39. The molecule has 0 radical (unpaired) electrons. The SMILES string of the molecule is NCCC#Cc1cnc(Nc2cccc(F)c2)nc1. The van der Waals surface area contributed by atoms with Crippen molar-refractivity contribution in [1.29, 1.82) is 0 Å². The Hall–Kier alpha value is -2.45. The zero-order valence-electron chi connectivity index (χ0n) is 10.2. The van der Waals surface area contributed by atoms with E-state index in [1.54, 1.807) is 24.5 Å². The zero-order valence-corrected chi connectivity index (χ0v) is 10.2. The molecule has 4 nitrogen and oxygen atoms in total. The van der Waals surface area contributed by atoms with E-state index in [0.29, 0.717) is 24.6 Å². The lowest BCUT2D eigenvalue weighted by atomic mass is 10.3. The predicted molar refractivity (Wildman–Crippen MR) is 72.3 cm³/mol. The molecule has 0 aliphatic heterocycles. The molecule has 0 atom stereocenters. The van der Waals surface area contributed by atoms with Gasteiger partial charge >= 0.3 is 0 Å². The molecule has 5 heteroatoms. The number of anilines is 2. The normalized spacial score (nSPS) is 9.58. The van der Waals surface area contributed by atoms with Crippen LogP contribution in [0.1, 0.15) is 12.0 Å². The molecule has 96 valence electrons. The first kappa shape index (κ1) is 13.0. The van der Waals surface area contributed by atoms with Crippen LogP contribution in [-0.4, -0.2) is 16.5 Å². The molecule has 0 aliphatic rings. The number of hydrogen-bond acceptors (Lipinski definition) is 4. The van der Waals surface area contributed by atoms with E-state index in [2.05, 4.69) is 27.1 Å². The molecule has 0 saturated heterocycles. The van der Waals surface area contributed by atoms with E-state index < -0.39 is 0 Å². The third-order valence-electron chi connectivity index (χ3n) is 2.23. The predicted octanol–water partition coefficient (Wildman–Crippen LogP) is 2.06. The maximum Gasteiger partial charge on any atom is 0.227 e. The van der Waals surface area contributed by atoms with Crippen LogP contribution in [0, 0.1) is 17.7 Å². The zero-order chi connectivity index (χ0) is 13.5. The quantitative estimate of drug-likeness (QED) is 0.825. The molecule has 0 aliphatic carbocycles. The molecule has 2 rings (SSSR count). The van der Waals surface area contributed by atoms with Crippen LogP contribution in [0.15, 0.2) is 36.7 Å². The number of benzene rings is 1. The van der Waals surface area contributed by atoms with Crippen molar-refractivity contribution >= 4 is 11.6 Å². The molecule has 1 heterocycles. The second kappa shape index (κ2) is 6.47. The van der Waals surface area contributed by atoms with Crippen molar-refractivity contribution in [1.82, 2.24) is 9.97 Å². The Bertz CT molecular complexity index is 599. The van der Waals surface area contributed by atoms with Crippen molar-refractivity contribution in [3.8, 4) is 11.8 Å². The molecule has 1 aromatic heterocycles. The number of nitrogens with two attached hydrogens (primary N) is 1. The van der Waals surface area contributed by atoms with Crippen LogP contribution >= 0.6 is 0 Å². The van der Waals surface area contributed by atoms with E-state index in [0.717, 1.165) is 5.56 Å². The van der Waals surface area contributed by atoms with Crippen LogP contribution in [0.4, 0.5) is 16.0 Å². The molecular formula is C14H13FN4. The second-order valence-corrected chi connectivity index (χ2v) is 3.77. The Balaban J connectivity index is 2.05. The molecule has 0 amide bonds. The average molecular weight is 256 g/mol. The van der Waals surface area contributed by atoms with E-state index in [1.807, 2.05) is 0 Å². The van der Waals surface area contributed by atoms with Gasteiger partial charge in [0.1, 0.15) is 5.82 Å². The molecule has 2 aromatic rings. The summed E-state index contributed by atoms with van der Waals surface area (Å²) in [5, 5.41) is 2.91. The van der Waals surface area contributed by atoms with Crippen LogP contribution in [0.25, 0.3) is 0 Å². The van der Waals surface area contributed by atoms with E-state index in [1.165, 1.54) is 12.1 Å². The van der Waals surface area contributed by atoms with Gasteiger partial charge in [-0.25, -0.2) is 14.4 Å².